The van der Waals surface area contributed by atoms with Gasteiger partial charge in [-0.25, -0.2) is 0 Å². The summed E-state index contributed by atoms with van der Waals surface area (Å²) in [5.74, 6) is 0. The molecule has 226 valence electrons. The van der Waals surface area contributed by atoms with Gasteiger partial charge in [0.2, 0.25) is 0 Å². The van der Waals surface area contributed by atoms with Crippen LogP contribution in [0.3, 0.4) is 0 Å². The van der Waals surface area contributed by atoms with Crippen molar-refractivity contribution in [2.75, 3.05) is 0 Å². The minimum atomic E-state index is -1.50. The molecule has 9 aromatic rings. The molecular weight excluding hydrogens is 581 g/mol. The lowest BCUT2D eigenvalue weighted by Crippen LogP contribution is -2.14. The molecule has 8 aromatic carbocycles. The number of para-hydroxylation sites is 1. The maximum Gasteiger partial charge on any atom is 0.135 e. The predicted molar refractivity (Wildman–Crippen MR) is 203 cm³/mol. The van der Waals surface area contributed by atoms with E-state index in [1.54, 1.807) is 0 Å². The molecule has 1 heterocycles. The molecule has 0 radical (unpaired) electrons. The maximum atomic E-state index is 9.74. The number of rotatable bonds is 3. The van der Waals surface area contributed by atoms with Crippen LogP contribution >= 0.6 is 0 Å². The highest BCUT2D eigenvalue weighted by atomic mass is 16.3. The molecule has 0 saturated heterocycles. The van der Waals surface area contributed by atoms with Crippen molar-refractivity contribution in [2.45, 2.75) is 19.3 Å². The van der Waals surface area contributed by atoms with Crippen LogP contribution in [0, 0.1) is 0 Å². The minimum Gasteiger partial charge on any atom is -0.456 e. The van der Waals surface area contributed by atoms with E-state index in [9.17, 15) is 15.1 Å². The van der Waals surface area contributed by atoms with Crippen molar-refractivity contribution < 1.29 is 37.3 Å². The van der Waals surface area contributed by atoms with E-state index in [0.29, 0.717) is 0 Å². The Morgan fingerprint density at radius 1 is 0.438 bits per heavy atom. The highest BCUT2D eigenvalue weighted by Gasteiger charge is 2.36. The molecule has 0 fully saturated rings. The molecule has 0 spiro atoms. The van der Waals surface area contributed by atoms with Crippen LogP contribution in [-0.4, -0.2) is 0 Å². The molecule has 0 atom stereocenters. The van der Waals surface area contributed by atoms with Gasteiger partial charge in [-0.3, -0.25) is 0 Å². The SMILES string of the molecule is [2H]c1ccc2c(-c3c([2H])c([2H])c([2H])c([2H])c3-c3c([2H])c([2H])c([2H])c4c3-c3c([2H])c([2H])c([2H])c([2H])c3C4(C)C)c3c([2H])c([2H])c([2H])c([2H])c3c(-c3c([2H])c([2H])c4oc5c([2H])c([2H])c([2H])c([2H])c5c4c3[2H])c2c1[2H]. The van der Waals surface area contributed by atoms with E-state index >= 15 is 0 Å². The average Bonchev–Trinajstić information content (AvgIpc) is 3.86. The van der Waals surface area contributed by atoms with E-state index in [1.807, 2.05) is 0 Å². The second-order valence-corrected chi connectivity index (χ2v) is 11.8. The Hall–Kier alpha value is -5.92. The van der Waals surface area contributed by atoms with E-state index < -0.39 is 217 Å². The first-order valence-electron chi connectivity index (χ1n) is 26.8. The van der Waals surface area contributed by atoms with Crippen LogP contribution in [0.15, 0.2) is 162 Å². The first kappa shape index (κ1) is 12.6. The summed E-state index contributed by atoms with van der Waals surface area (Å²) in [7, 11) is 0. The number of benzene rings is 8. The molecule has 1 aliphatic carbocycles. The highest BCUT2D eigenvalue weighted by Crippen LogP contribution is 2.54. The zero-order valence-electron chi connectivity index (χ0n) is 49.1. The monoisotopic (exact) mass is 636 g/mol. The van der Waals surface area contributed by atoms with Crippen molar-refractivity contribution in [1.29, 1.82) is 0 Å². The minimum absolute atomic E-state index is 0.0362. The summed E-state index contributed by atoms with van der Waals surface area (Å²) in [6.45, 7) is 3.08. The third-order valence-corrected chi connectivity index (χ3v) is 8.89. The standard InChI is InChI=1S/C47H32O/c1-47(2)40-23-11-9-21-38(40)46-33(22-13-24-41(46)47)30-14-3-4-16-32(30)45-36-19-7-5-17-34(36)44(35-18-6-8-20-37(35)45)29-26-27-43-39(28-29)31-15-10-12-25-42(31)48-43/h3-28H,1-2H3/i3D,4D,5D,6D,7D,9D,10D,11D,12D,13D,14D,15D,16D,17D,18D,19D,21D,22D,23D,24D,25D,26D,27D,28D. The van der Waals surface area contributed by atoms with Crippen LogP contribution in [0.5, 0.6) is 0 Å². The molecular formula is C47H32O. The highest BCUT2D eigenvalue weighted by molar-refractivity contribution is 6.23. The van der Waals surface area contributed by atoms with Crippen LogP contribution < -0.4 is 0 Å². The van der Waals surface area contributed by atoms with Crippen molar-refractivity contribution in [3.63, 3.8) is 0 Å². The molecule has 1 heteroatoms. The van der Waals surface area contributed by atoms with Gasteiger partial charge in [0.25, 0.3) is 0 Å². The van der Waals surface area contributed by atoms with Crippen molar-refractivity contribution in [1.82, 2.24) is 0 Å². The van der Waals surface area contributed by atoms with Gasteiger partial charge >= 0.3 is 0 Å². The number of hydrogen-bond acceptors (Lipinski definition) is 1. The zero-order chi connectivity index (χ0) is 52.9. The largest absolute Gasteiger partial charge is 0.456 e. The van der Waals surface area contributed by atoms with Crippen LogP contribution in [0.4, 0.5) is 0 Å². The third-order valence-electron chi connectivity index (χ3n) is 8.89. The van der Waals surface area contributed by atoms with Gasteiger partial charge in [-0.2, -0.15) is 0 Å². The van der Waals surface area contributed by atoms with Gasteiger partial charge in [0, 0.05) is 16.2 Å². The number of fused-ring (bicyclic) bond motifs is 8. The van der Waals surface area contributed by atoms with Crippen molar-refractivity contribution >= 4 is 43.5 Å². The summed E-state index contributed by atoms with van der Waals surface area (Å²) in [5.41, 5.74) is -6.30. The summed E-state index contributed by atoms with van der Waals surface area (Å²) in [6, 6.07) is -15.8. The Morgan fingerprint density at radius 3 is 1.90 bits per heavy atom. The molecule has 1 aromatic heterocycles. The average molecular weight is 637 g/mol. The Kier molecular flexibility index (Phi) is 2.63. The third kappa shape index (κ3) is 3.73. The topological polar surface area (TPSA) is 13.1 Å². The van der Waals surface area contributed by atoms with Gasteiger partial charge in [0.15, 0.2) is 0 Å². The van der Waals surface area contributed by atoms with Crippen LogP contribution in [0.2, 0.25) is 0 Å². The lowest BCUT2D eigenvalue weighted by molar-refractivity contribution is 0.660. The van der Waals surface area contributed by atoms with Crippen LogP contribution in [0.25, 0.3) is 88.0 Å². The fourth-order valence-electron chi connectivity index (χ4n) is 6.77. The predicted octanol–water partition coefficient (Wildman–Crippen LogP) is 13.2. The molecule has 0 amide bonds. The van der Waals surface area contributed by atoms with Gasteiger partial charge in [-0.15, -0.1) is 0 Å². The normalized spacial score (nSPS) is 20.4. The summed E-state index contributed by atoms with van der Waals surface area (Å²) in [6.07, 6.45) is 0. The van der Waals surface area contributed by atoms with Gasteiger partial charge in [0.05, 0.1) is 32.9 Å². The second-order valence-electron chi connectivity index (χ2n) is 11.8. The first-order valence-corrected chi connectivity index (χ1v) is 14.8. The van der Waals surface area contributed by atoms with E-state index in [1.165, 1.54) is 19.9 Å². The summed E-state index contributed by atoms with van der Waals surface area (Å²) in [5, 5.41) is -2.62. The summed E-state index contributed by atoms with van der Waals surface area (Å²) >= 11 is 0. The number of hydrogen-bond donors (Lipinski definition) is 0. The van der Waals surface area contributed by atoms with Gasteiger partial charge in [-0.1, -0.05) is 153 Å². The van der Waals surface area contributed by atoms with Crippen molar-refractivity contribution in [3.05, 3.63) is 168 Å². The number of furan rings is 1. The van der Waals surface area contributed by atoms with Crippen molar-refractivity contribution in [2.24, 2.45) is 0 Å². The van der Waals surface area contributed by atoms with E-state index in [4.69, 9.17) is 22.2 Å². The molecule has 1 nitrogen and oxygen atoms in total. The zero-order valence-corrected chi connectivity index (χ0v) is 25.1. The Morgan fingerprint density at radius 2 is 1.04 bits per heavy atom. The van der Waals surface area contributed by atoms with Gasteiger partial charge in [0.1, 0.15) is 11.2 Å². The maximum absolute atomic E-state index is 9.74. The molecule has 0 N–H and O–H groups in total. The fraction of sp³-hybridized carbons (Fsp3) is 0.0638. The van der Waals surface area contributed by atoms with Gasteiger partial charge < -0.3 is 4.42 Å². The Labute approximate surface area is 313 Å². The van der Waals surface area contributed by atoms with Crippen LogP contribution in [0.1, 0.15) is 57.9 Å². The quantitative estimate of drug-likeness (QED) is 0.176. The molecule has 0 bridgehead atoms. The van der Waals surface area contributed by atoms with Gasteiger partial charge in [-0.05, 0) is 95.3 Å². The fourth-order valence-corrected chi connectivity index (χ4v) is 6.77. The Balaban J connectivity index is 1.51. The first-order chi connectivity index (χ1) is 33.6. The van der Waals surface area contributed by atoms with E-state index in [-0.39, 0.29) is 33.0 Å². The lowest BCUT2D eigenvalue weighted by atomic mass is 9.81. The molecule has 10 rings (SSSR count). The van der Waals surface area contributed by atoms with Crippen LogP contribution in [-0.2, 0) is 5.41 Å². The Bertz CT molecular complexity index is 4120. The smallest absolute Gasteiger partial charge is 0.135 e. The van der Waals surface area contributed by atoms with E-state index in [0.717, 1.165) is 6.07 Å². The second kappa shape index (κ2) is 10.0. The molecule has 0 aliphatic heterocycles. The van der Waals surface area contributed by atoms with Crippen molar-refractivity contribution in [3.8, 4) is 44.5 Å². The molecule has 0 saturated carbocycles. The molecule has 48 heavy (non-hydrogen) atoms. The lowest BCUT2D eigenvalue weighted by Gasteiger charge is -2.22. The molecule has 0 unspecified atom stereocenters. The van der Waals surface area contributed by atoms with E-state index in [2.05, 4.69) is 0 Å². The summed E-state index contributed by atoms with van der Waals surface area (Å²) < 4.78 is 224. The summed E-state index contributed by atoms with van der Waals surface area (Å²) in [4.78, 5) is 0. The molecule has 1 aliphatic rings.